The fourth-order valence-corrected chi connectivity index (χ4v) is 4.17. The number of hydrogen-bond donors (Lipinski definition) is 1. The first-order chi connectivity index (χ1) is 14.6. The van der Waals surface area contributed by atoms with Gasteiger partial charge in [-0.25, -0.2) is 8.42 Å². The smallest absolute Gasteiger partial charge is 0.245 e. The van der Waals surface area contributed by atoms with Gasteiger partial charge in [-0.1, -0.05) is 59.1 Å². The summed E-state index contributed by atoms with van der Waals surface area (Å²) in [6.07, 6.45) is 0.973. The maximum Gasteiger partial charge on any atom is 0.245 e. The maximum absolute atomic E-state index is 12.8. The van der Waals surface area contributed by atoms with Crippen molar-refractivity contribution >= 4 is 62.1 Å². The molecule has 3 rings (SSSR count). The monoisotopic (exact) mass is 498 g/mol. The second-order valence-corrected chi connectivity index (χ2v) is 9.57. The van der Waals surface area contributed by atoms with Crippen molar-refractivity contribution in [1.29, 1.82) is 0 Å². The van der Waals surface area contributed by atoms with Gasteiger partial charge in [-0.2, -0.15) is 0 Å². The lowest BCUT2D eigenvalue weighted by atomic mass is 10.2. The van der Waals surface area contributed by atoms with E-state index in [0.29, 0.717) is 16.5 Å². The summed E-state index contributed by atoms with van der Waals surface area (Å²) < 4.78 is 31.4. The van der Waals surface area contributed by atoms with E-state index in [1.807, 2.05) is 18.2 Å². The molecule has 0 heterocycles. The molecule has 0 aliphatic carbocycles. The van der Waals surface area contributed by atoms with E-state index >= 15 is 0 Å². The van der Waals surface area contributed by atoms with Crippen LogP contribution in [0.1, 0.15) is 0 Å². The van der Waals surface area contributed by atoms with Crippen LogP contribution in [-0.2, 0) is 14.8 Å². The van der Waals surface area contributed by atoms with Gasteiger partial charge < -0.3 is 10.1 Å². The lowest BCUT2D eigenvalue weighted by molar-refractivity contribution is -0.114. The number of benzene rings is 3. The number of amides is 1. The molecule has 0 unspecified atom stereocenters. The van der Waals surface area contributed by atoms with Crippen molar-refractivity contribution in [1.82, 2.24) is 0 Å². The highest BCUT2D eigenvalue weighted by molar-refractivity contribution is 7.92. The third-order valence-electron chi connectivity index (χ3n) is 4.07. The predicted molar refractivity (Wildman–Crippen MR) is 125 cm³/mol. The van der Waals surface area contributed by atoms with Crippen molar-refractivity contribution in [2.45, 2.75) is 0 Å². The van der Waals surface area contributed by atoms with E-state index in [1.165, 1.54) is 18.2 Å². The van der Waals surface area contributed by atoms with Gasteiger partial charge in [0.05, 0.1) is 27.7 Å². The minimum absolute atomic E-state index is 0.0262. The molecule has 162 valence electrons. The van der Waals surface area contributed by atoms with Gasteiger partial charge in [-0.15, -0.1) is 0 Å². The molecule has 0 saturated carbocycles. The van der Waals surface area contributed by atoms with Crippen molar-refractivity contribution in [3.05, 3.63) is 81.8 Å². The van der Waals surface area contributed by atoms with Gasteiger partial charge in [0.15, 0.2) is 5.75 Å². The Morgan fingerprint density at radius 1 is 1.00 bits per heavy atom. The molecule has 0 saturated heterocycles. The fraction of sp³-hybridized carbons (Fsp3) is 0.0952. The summed E-state index contributed by atoms with van der Waals surface area (Å²) in [5.41, 5.74) is 0.380. The van der Waals surface area contributed by atoms with E-state index in [-0.39, 0.29) is 21.4 Å². The summed E-state index contributed by atoms with van der Waals surface area (Å²) in [6, 6.07) is 18.2. The van der Waals surface area contributed by atoms with Gasteiger partial charge in [0.2, 0.25) is 15.9 Å². The standard InChI is InChI=1S/C21H17Cl3N2O4S/c1-31(28,29)26(18-9-5-8-16(23)21(18)24)13-20(27)25-17-12-14(22)10-11-19(17)30-15-6-3-2-4-7-15/h2-12H,13H2,1H3,(H,25,27). The first kappa shape index (κ1) is 23.2. The SMILES string of the molecule is CS(=O)(=O)N(CC(=O)Nc1cc(Cl)ccc1Oc1ccccc1)c1cccc(Cl)c1Cl. The molecule has 0 atom stereocenters. The van der Waals surface area contributed by atoms with Crippen LogP contribution in [-0.4, -0.2) is 27.1 Å². The number of carbonyl (C=O) groups is 1. The predicted octanol–water partition coefficient (Wildman–Crippen LogP) is 5.84. The van der Waals surface area contributed by atoms with Crippen molar-refractivity contribution < 1.29 is 17.9 Å². The summed E-state index contributed by atoms with van der Waals surface area (Å²) in [5.74, 6) is 0.279. The zero-order valence-corrected chi connectivity index (χ0v) is 19.3. The number of nitrogens with zero attached hydrogens (tertiary/aromatic N) is 1. The van der Waals surface area contributed by atoms with Gasteiger partial charge in [0.25, 0.3) is 0 Å². The van der Waals surface area contributed by atoms with E-state index in [2.05, 4.69) is 5.32 Å². The minimum Gasteiger partial charge on any atom is -0.455 e. The Labute approximate surface area is 195 Å². The van der Waals surface area contributed by atoms with E-state index in [9.17, 15) is 13.2 Å². The largest absolute Gasteiger partial charge is 0.455 e. The third-order valence-corrected chi connectivity index (χ3v) is 6.24. The zero-order valence-electron chi connectivity index (χ0n) is 16.2. The van der Waals surface area contributed by atoms with Crippen molar-refractivity contribution in [2.24, 2.45) is 0 Å². The highest BCUT2D eigenvalue weighted by atomic mass is 35.5. The van der Waals surface area contributed by atoms with Crippen LogP contribution in [0.2, 0.25) is 15.1 Å². The normalized spacial score (nSPS) is 11.1. The number of anilines is 2. The quantitative estimate of drug-likeness (QED) is 0.443. The van der Waals surface area contributed by atoms with Crippen LogP contribution >= 0.6 is 34.8 Å². The second-order valence-electron chi connectivity index (χ2n) is 6.45. The molecule has 1 amide bonds. The first-order valence-electron chi connectivity index (χ1n) is 8.89. The maximum atomic E-state index is 12.8. The number of ether oxygens (including phenoxy) is 1. The van der Waals surface area contributed by atoms with Crippen LogP contribution in [0.25, 0.3) is 0 Å². The Kier molecular flexibility index (Phi) is 7.33. The second kappa shape index (κ2) is 9.78. The zero-order chi connectivity index (χ0) is 22.6. The highest BCUT2D eigenvalue weighted by Gasteiger charge is 2.24. The molecule has 1 N–H and O–H groups in total. The minimum atomic E-state index is -3.84. The highest BCUT2D eigenvalue weighted by Crippen LogP contribution is 2.34. The number of hydrogen-bond acceptors (Lipinski definition) is 4. The van der Waals surface area contributed by atoms with Crippen LogP contribution in [0.3, 0.4) is 0 Å². The van der Waals surface area contributed by atoms with Gasteiger partial charge in [0.1, 0.15) is 12.3 Å². The summed E-state index contributed by atoms with van der Waals surface area (Å²) in [4.78, 5) is 12.8. The van der Waals surface area contributed by atoms with Crippen LogP contribution in [0.4, 0.5) is 11.4 Å². The molecule has 3 aromatic carbocycles. The average molecular weight is 500 g/mol. The number of carbonyl (C=O) groups excluding carboxylic acids is 1. The Morgan fingerprint density at radius 2 is 1.71 bits per heavy atom. The lowest BCUT2D eigenvalue weighted by Gasteiger charge is -2.23. The number of halogens is 3. The molecular weight excluding hydrogens is 483 g/mol. The van der Waals surface area contributed by atoms with Gasteiger partial charge in [-0.3, -0.25) is 9.10 Å². The number of nitrogens with one attached hydrogen (secondary N) is 1. The molecule has 0 aliphatic heterocycles. The molecule has 31 heavy (non-hydrogen) atoms. The lowest BCUT2D eigenvalue weighted by Crippen LogP contribution is -2.37. The fourth-order valence-electron chi connectivity index (χ4n) is 2.69. The van der Waals surface area contributed by atoms with Crippen molar-refractivity contribution in [3.63, 3.8) is 0 Å². The van der Waals surface area contributed by atoms with E-state index < -0.39 is 22.5 Å². The Hall–Kier alpha value is -2.45. The Balaban J connectivity index is 1.86. The summed E-state index contributed by atoms with van der Waals surface area (Å²) in [7, 11) is -3.84. The average Bonchev–Trinajstić information content (AvgIpc) is 2.70. The Morgan fingerprint density at radius 3 is 2.39 bits per heavy atom. The topological polar surface area (TPSA) is 75.7 Å². The van der Waals surface area contributed by atoms with Crippen LogP contribution in [0.5, 0.6) is 11.5 Å². The summed E-state index contributed by atoms with van der Waals surface area (Å²) in [5, 5.41) is 3.21. The molecular formula is C21H17Cl3N2O4S. The van der Waals surface area contributed by atoms with E-state index in [1.54, 1.807) is 30.3 Å². The third kappa shape index (κ3) is 6.04. The number of rotatable bonds is 7. The Bertz CT molecular complexity index is 1200. The molecule has 0 fully saturated rings. The first-order valence-corrected chi connectivity index (χ1v) is 11.9. The molecule has 3 aromatic rings. The molecule has 10 heteroatoms. The van der Waals surface area contributed by atoms with Crippen molar-refractivity contribution in [2.75, 3.05) is 22.4 Å². The van der Waals surface area contributed by atoms with Crippen LogP contribution in [0.15, 0.2) is 66.7 Å². The number of sulfonamides is 1. The summed E-state index contributed by atoms with van der Waals surface area (Å²) >= 11 is 18.2. The van der Waals surface area contributed by atoms with Crippen molar-refractivity contribution in [3.8, 4) is 11.5 Å². The molecule has 0 spiro atoms. The van der Waals surface area contributed by atoms with Crippen LogP contribution in [0, 0.1) is 0 Å². The molecule has 0 radical (unpaired) electrons. The van der Waals surface area contributed by atoms with Gasteiger partial charge in [0, 0.05) is 5.02 Å². The molecule has 6 nitrogen and oxygen atoms in total. The van der Waals surface area contributed by atoms with Crippen LogP contribution < -0.4 is 14.4 Å². The molecule has 0 aliphatic rings. The summed E-state index contributed by atoms with van der Waals surface area (Å²) in [6.45, 7) is -0.532. The van der Waals surface area contributed by atoms with Gasteiger partial charge >= 0.3 is 0 Å². The molecule has 0 bridgehead atoms. The van der Waals surface area contributed by atoms with E-state index in [0.717, 1.165) is 10.6 Å². The van der Waals surface area contributed by atoms with Gasteiger partial charge in [-0.05, 0) is 42.5 Å². The van der Waals surface area contributed by atoms with E-state index in [4.69, 9.17) is 39.5 Å². The number of para-hydroxylation sites is 1. The molecule has 0 aromatic heterocycles.